The summed E-state index contributed by atoms with van der Waals surface area (Å²) >= 11 is 0. The van der Waals surface area contributed by atoms with Crippen LogP contribution in [0.15, 0.2) is 23.1 Å². The summed E-state index contributed by atoms with van der Waals surface area (Å²) < 4.78 is 35.1. The third kappa shape index (κ3) is 3.01. The molecule has 0 unspecified atom stereocenters. The van der Waals surface area contributed by atoms with Crippen molar-refractivity contribution in [1.82, 2.24) is 0 Å². The van der Waals surface area contributed by atoms with Crippen LogP contribution in [0.1, 0.15) is 33.3 Å². The van der Waals surface area contributed by atoms with Gasteiger partial charge in [0.15, 0.2) is 9.84 Å². The van der Waals surface area contributed by atoms with E-state index in [-0.39, 0.29) is 11.5 Å². The zero-order chi connectivity index (χ0) is 16.1. The summed E-state index contributed by atoms with van der Waals surface area (Å²) in [6.45, 7) is 7.49. The van der Waals surface area contributed by atoms with Crippen LogP contribution in [0.3, 0.4) is 0 Å². The summed E-state index contributed by atoms with van der Waals surface area (Å²) in [5.41, 5.74) is 0.180. The van der Waals surface area contributed by atoms with Crippen molar-refractivity contribution in [3.8, 4) is 0 Å². The molecule has 1 aromatic carbocycles. The van der Waals surface area contributed by atoms with Gasteiger partial charge in [0.2, 0.25) is 0 Å². The molecule has 0 radical (unpaired) electrons. The first kappa shape index (κ1) is 16.5. The average Bonchev–Trinajstić information content (AvgIpc) is 2.56. The SMILES string of the molecule is CC1(C)OB(c2ccc(S(C)(=O)=O)cc2CO)OC1(C)C. The van der Waals surface area contributed by atoms with E-state index in [0.29, 0.717) is 11.0 Å². The second kappa shape index (κ2) is 5.09. The highest BCUT2D eigenvalue weighted by molar-refractivity contribution is 7.90. The van der Waals surface area contributed by atoms with E-state index < -0.39 is 28.2 Å². The molecule has 0 aliphatic carbocycles. The van der Waals surface area contributed by atoms with Crippen LogP contribution in [0.4, 0.5) is 0 Å². The minimum Gasteiger partial charge on any atom is -0.399 e. The first-order chi connectivity index (χ1) is 9.48. The predicted molar refractivity (Wildman–Crippen MR) is 81.2 cm³/mol. The lowest BCUT2D eigenvalue weighted by Gasteiger charge is -2.32. The van der Waals surface area contributed by atoms with Crippen LogP contribution >= 0.6 is 0 Å². The fourth-order valence-electron chi connectivity index (χ4n) is 2.15. The molecule has 0 bridgehead atoms. The summed E-state index contributed by atoms with van der Waals surface area (Å²) in [4.78, 5) is 0.173. The summed E-state index contributed by atoms with van der Waals surface area (Å²) in [5.74, 6) is 0. The van der Waals surface area contributed by atoms with E-state index in [1.807, 2.05) is 27.7 Å². The van der Waals surface area contributed by atoms with Crippen molar-refractivity contribution in [2.75, 3.05) is 6.26 Å². The van der Waals surface area contributed by atoms with Gasteiger partial charge in [0.1, 0.15) is 0 Å². The molecule has 1 heterocycles. The molecule has 2 rings (SSSR count). The van der Waals surface area contributed by atoms with Gasteiger partial charge in [0.05, 0.1) is 22.7 Å². The summed E-state index contributed by atoms with van der Waals surface area (Å²) in [6.07, 6.45) is 1.14. The van der Waals surface area contributed by atoms with Gasteiger partial charge in [-0.1, -0.05) is 6.07 Å². The highest BCUT2D eigenvalue weighted by atomic mass is 32.2. The van der Waals surface area contributed by atoms with Crippen molar-refractivity contribution in [2.24, 2.45) is 0 Å². The molecule has 0 atom stereocenters. The Morgan fingerprint density at radius 2 is 1.67 bits per heavy atom. The van der Waals surface area contributed by atoms with Gasteiger partial charge in [-0.3, -0.25) is 0 Å². The second-order valence-electron chi connectivity index (χ2n) is 6.38. The number of aliphatic hydroxyl groups excluding tert-OH is 1. The molecular formula is C14H21BO5S. The van der Waals surface area contributed by atoms with Gasteiger partial charge in [-0.25, -0.2) is 8.42 Å². The van der Waals surface area contributed by atoms with E-state index >= 15 is 0 Å². The van der Waals surface area contributed by atoms with Crippen molar-refractivity contribution < 1.29 is 22.8 Å². The zero-order valence-corrected chi connectivity index (χ0v) is 13.8. The second-order valence-corrected chi connectivity index (χ2v) is 8.39. The molecule has 1 N–H and O–H groups in total. The van der Waals surface area contributed by atoms with E-state index in [0.717, 1.165) is 6.26 Å². The van der Waals surface area contributed by atoms with E-state index in [1.54, 1.807) is 6.07 Å². The summed E-state index contributed by atoms with van der Waals surface area (Å²) in [6, 6.07) is 4.62. The van der Waals surface area contributed by atoms with Crippen molar-refractivity contribution in [3.05, 3.63) is 23.8 Å². The molecular weight excluding hydrogens is 291 g/mol. The van der Waals surface area contributed by atoms with Gasteiger partial charge < -0.3 is 14.4 Å². The van der Waals surface area contributed by atoms with Crippen LogP contribution in [-0.2, 0) is 25.8 Å². The first-order valence-corrected chi connectivity index (χ1v) is 8.66. The Hall–Kier alpha value is -0.885. The Balaban J connectivity index is 2.43. The average molecular weight is 312 g/mol. The predicted octanol–water partition coefficient (Wildman–Crippen LogP) is 0.882. The van der Waals surface area contributed by atoms with Gasteiger partial charge in [-0.2, -0.15) is 0 Å². The maximum absolute atomic E-state index is 11.6. The van der Waals surface area contributed by atoms with E-state index in [2.05, 4.69) is 0 Å². The van der Waals surface area contributed by atoms with Crippen LogP contribution in [0.5, 0.6) is 0 Å². The summed E-state index contributed by atoms with van der Waals surface area (Å²) in [5, 5.41) is 9.52. The number of sulfone groups is 1. The lowest BCUT2D eigenvalue weighted by molar-refractivity contribution is 0.00578. The van der Waals surface area contributed by atoms with E-state index in [1.165, 1.54) is 12.1 Å². The van der Waals surface area contributed by atoms with Gasteiger partial charge in [0, 0.05) is 6.26 Å². The van der Waals surface area contributed by atoms with Crippen LogP contribution in [0.25, 0.3) is 0 Å². The Morgan fingerprint density at radius 3 is 2.10 bits per heavy atom. The topological polar surface area (TPSA) is 72.8 Å². The lowest BCUT2D eigenvalue weighted by atomic mass is 9.76. The molecule has 21 heavy (non-hydrogen) atoms. The van der Waals surface area contributed by atoms with Crippen LogP contribution in [-0.4, -0.2) is 38.1 Å². The van der Waals surface area contributed by atoms with Crippen LogP contribution in [0, 0.1) is 0 Å². The number of hydrogen-bond acceptors (Lipinski definition) is 5. The normalized spacial score (nSPS) is 20.8. The molecule has 0 amide bonds. The molecule has 0 spiro atoms. The molecule has 116 valence electrons. The van der Waals surface area contributed by atoms with Crippen molar-refractivity contribution >= 4 is 22.4 Å². The largest absolute Gasteiger partial charge is 0.495 e. The molecule has 0 aromatic heterocycles. The molecule has 1 aliphatic heterocycles. The molecule has 7 heteroatoms. The third-order valence-electron chi connectivity index (χ3n) is 4.22. The minimum absolute atomic E-state index is 0.173. The Labute approximate surface area is 126 Å². The summed E-state index contributed by atoms with van der Waals surface area (Å²) in [7, 11) is -3.93. The Morgan fingerprint density at radius 1 is 1.14 bits per heavy atom. The molecule has 1 fully saturated rings. The quantitative estimate of drug-likeness (QED) is 0.839. The third-order valence-corrected chi connectivity index (χ3v) is 5.33. The van der Waals surface area contributed by atoms with E-state index in [9.17, 15) is 13.5 Å². The smallest absolute Gasteiger partial charge is 0.399 e. The van der Waals surface area contributed by atoms with Crippen molar-refractivity contribution in [2.45, 2.75) is 50.4 Å². The number of aliphatic hydroxyl groups is 1. The number of benzene rings is 1. The molecule has 5 nitrogen and oxygen atoms in total. The molecule has 1 aromatic rings. The monoisotopic (exact) mass is 312 g/mol. The van der Waals surface area contributed by atoms with Gasteiger partial charge in [-0.15, -0.1) is 0 Å². The lowest BCUT2D eigenvalue weighted by Crippen LogP contribution is -2.41. The first-order valence-electron chi connectivity index (χ1n) is 6.77. The van der Waals surface area contributed by atoms with Gasteiger partial charge >= 0.3 is 7.12 Å². The minimum atomic E-state index is -3.31. The zero-order valence-electron chi connectivity index (χ0n) is 13.0. The van der Waals surface area contributed by atoms with Crippen molar-refractivity contribution in [3.63, 3.8) is 0 Å². The molecule has 0 saturated carbocycles. The number of rotatable bonds is 3. The maximum atomic E-state index is 11.6. The van der Waals surface area contributed by atoms with Crippen LogP contribution < -0.4 is 5.46 Å². The van der Waals surface area contributed by atoms with Gasteiger partial charge in [0.25, 0.3) is 0 Å². The maximum Gasteiger partial charge on any atom is 0.495 e. The fourth-order valence-corrected chi connectivity index (χ4v) is 2.82. The standard InChI is InChI=1S/C14H21BO5S/c1-13(2)14(3,4)20-15(19-13)12-7-6-11(21(5,17)18)8-10(12)9-16/h6-8,16H,9H2,1-5H3. The van der Waals surface area contributed by atoms with Crippen molar-refractivity contribution in [1.29, 1.82) is 0 Å². The van der Waals surface area contributed by atoms with Crippen LogP contribution in [0.2, 0.25) is 0 Å². The fraction of sp³-hybridized carbons (Fsp3) is 0.571. The highest BCUT2D eigenvalue weighted by Crippen LogP contribution is 2.36. The molecule has 1 aliphatic rings. The molecule has 1 saturated heterocycles. The Kier molecular flexibility index (Phi) is 3.99. The van der Waals surface area contributed by atoms with Gasteiger partial charge in [-0.05, 0) is 50.9 Å². The van der Waals surface area contributed by atoms with E-state index in [4.69, 9.17) is 9.31 Å². The Bertz CT molecular complexity index is 635. The number of hydrogen-bond donors (Lipinski definition) is 1. The highest BCUT2D eigenvalue weighted by Gasteiger charge is 2.52.